The molecule has 0 atom stereocenters. The first-order valence-electron chi connectivity index (χ1n) is 4.42. The van der Waals surface area contributed by atoms with E-state index in [-0.39, 0.29) is 11.0 Å². The molecule has 0 bridgehead atoms. The Morgan fingerprint density at radius 2 is 1.88 bits per heavy atom. The monoisotopic (exact) mass is 228 g/mol. The van der Waals surface area contributed by atoms with Crippen molar-refractivity contribution in [1.29, 1.82) is 0 Å². The van der Waals surface area contributed by atoms with Crippen LogP contribution in [0.1, 0.15) is 11.4 Å². The van der Waals surface area contributed by atoms with Gasteiger partial charge in [-0.3, -0.25) is 0 Å². The summed E-state index contributed by atoms with van der Waals surface area (Å²) in [5.74, 6) is -0.468. The third-order valence-electron chi connectivity index (χ3n) is 2.08. The van der Waals surface area contributed by atoms with E-state index in [1.165, 1.54) is 6.07 Å². The Balaban J connectivity index is 2.75. The van der Waals surface area contributed by atoms with Gasteiger partial charge in [0.2, 0.25) is 0 Å². The van der Waals surface area contributed by atoms with Crippen molar-refractivity contribution in [3.63, 3.8) is 0 Å². The van der Waals surface area contributed by atoms with Gasteiger partial charge in [0.25, 0.3) is 0 Å². The van der Waals surface area contributed by atoms with Crippen LogP contribution in [0.15, 0.2) is 18.2 Å². The molecule has 2 aromatic rings. The van der Waals surface area contributed by atoms with Crippen LogP contribution in [0.4, 0.5) is 13.2 Å². The van der Waals surface area contributed by atoms with Crippen molar-refractivity contribution in [1.82, 2.24) is 9.97 Å². The van der Waals surface area contributed by atoms with Gasteiger partial charge < -0.3 is 5.11 Å². The number of nitrogens with zero attached hydrogens (tertiary/aromatic N) is 2. The van der Waals surface area contributed by atoms with E-state index in [2.05, 4.69) is 9.97 Å². The lowest BCUT2D eigenvalue weighted by Gasteiger charge is -2.08. The standard InChI is InChI=1S/C10H7F3N2O/c1-5-2-3-6-7(16)4-8(10(11,12)13)15-9(6)14-5/h2-4H,1H3,(H,14,15,16). The van der Waals surface area contributed by atoms with Crippen molar-refractivity contribution in [2.45, 2.75) is 13.1 Å². The maximum Gasteiger partial charge on any atom is 0.433 e. The quantitative estimate of drug-likeness (QED) is 0.753. The molecule has 0 unspecified atom stereocenters. The molecule has 2 aromatic heterocycles. The zero-order valence-corrected chi connectivity index (χ0v) is 8.21. The largest absolute Gasteiger partial charge is 0.507 e. The fourth-order valence-corrected chi connectivity index (χ4v) is 1.33. The van der Waals surface area contributed by atoms with Crippen molar-refractivity contribution >= 4 is 11.0 Å². The second-order valence-corrected chi connectivity index (χ2v) is 3.35. The van der Waals surface area contributed by atoms with Crippen LogP contribution >= 0.6 is 0 Å². The minimum Gasteiger partial charge on any atom is -0.507 e. The van der Waals surface area contributed by atoms with Gasteiger partial charge in [0.15, 0.2) is 11.3 Å². The lowest BCUT2D eigenvalue weighted by molar-refractivity contribution is -0.141. The third kappa shape index (κ3) is 1.78. The summed E-state index contributed by atoms with van der Waals surface area (Å²) in [5.41, 5.74) is -0.707. The molecule has 0 aliphatic carbocycles. The Hall–Kier alpha value is -1.85. The number of hydrogen-bond donors (Lipinski definition) is 1. The normalized spacial score (nSPS) is 12.0. The summed E-state index contributed by atoms with van der Waals surface area (Å²) >= 11 is 0. The number of fused-ring (bicyclic) bond motifs is 1. The lowest BCUT2D eigenvalue weighted by atomic mass is 10.2. The number of aromatic hydroxyl groups is 1. The van der Waals surface area contributed by atoms with Crippen LogP contribution < -0.4 is 0 Å². The second kappa shape index (κ2) is 3.33. The summed E-state index contributed by atoms with van der Waals surface area (Å²) in [4.78, 5) is 7.21. The fourth-order valence-electron chi connectivity index (χ4n) is 1.33. The Labute approximate surface area is 88.6 Å². The predicted molar refractivity (Wildman–Crippen MR) is 50.9 cm³/mol. The highest BCUT2D eigenvalue weighted by molar-refractivity contribution is 5.81. The zero-order valence-electron chi connectivity index (χ0n) is 8.21. The highest BCUT2D eigenvalue weighted by Crippen LogP contribution is 2.32. The van der Waals surface area contributed by atoms with Crippen LogP contribution in [0.5, 0.6) is 5.75 Å². The van der Waals surface area contributed by atoms with Crippen molar-refractivity contribution < 1.29 is 18.3 Å². The van der Waals surface area contributed by atoms with Gasteiger partial charge in [-0.05, 0) is 19.1 Å². The number of halogens is 3. The number of hydrogen-bond acceptors (Lipinski definition) is 3. The van der Waals surface area contributed by atoms with Crippen LogP contribution in [0.25, 0.3) is 11.0 Å². The van der Waals surface area contributed by atoms with E-state index in [9.17, 15) is 18.3 Å². The minimum absolute atomic E-state index is 0.104. The number of rotatable bonds is 0. The molecule has 0 amide bonds. The first kappa shape index (κ1) is 10.7. The van der Waals surface area contributed by atoms with Gasteiger partial charge in [0.1, 0.15) is 5.75 Å². The van der Waals surface area contributed by atoms with Crippen LogP contribution in [0, 0.1) is 6.92 Å². The number of aromatic nitrogens is 2. The molecule has 3 nitrogen and oxygen atoms in total. The summed E-state index contributed by atoms with van der Waals surface area (Å²) < 4.78 is 37.2. The zero-order chi connectivity index (χ0) is 11.9. The molecule has 0 spiro atoms. The van der Waals surface area contributed by atoms with Gasteiger partial charge in [-0.2, -0.15) is 13.2 Å². The predicted octanol–water partition coefficient (Wildman–Crippen LogP) is 2.66. The lowest BCUT2D eigenvalue weighted by Crippen LogP contribution is -2.08. The Bertz CT molecular complexity index is 551. The molecule has 16 heavy (non-hydrogen) atoms. The van der Waals surface area contributed by atoms with Crippen molar-refractivity contribution in [2.75, 3.05) is 0 Å². The summed E-state index contributed by atoms with van der Waals surface area (Å²) in [6.07, 6.45) is -4.59. The number of pyridine rings is 2. The van der Waals surface area contributed by atoms with E-state index < -0.39 is 17.6 Å². The van der Waals surface area contributed by atoms with Crippen LogP contribution in [-0.4, -0.2) is 15.1 Å². The molecule has 1 N–H and O–H groups in total. The van der Waals surface area contributed by atoms with Gasteiger partial charge in [-0.15, -0.1) is 0 Å². The van der Waals surface area contributed by atoms with Gasteiger partial charge in [0.05, 0.1) is 5.39 Å². The molecule has 0 fully saturated rings. The van der Waals surface area contributed by atoms with Crippen molar-refractivity contribution in [2.24, 2.45) is 0 Å². The van der Waals surface area contributed by atoms with Crippen LogP contribution in [0.3, 0.4) is 0 Å². The van der Waals surface area contributed by atoms with Gasteiger partial charge >= 0.3 is 6.18 Å². The van der Waals surface area contributed by atoms with E-state index in [1.54, 1.807) is 13.0 Å². The Kier molecular flexibility index (Phi) is 2.22. The average Bonchev–Trinajstić information content (AvgIpc) is 2.15. The van der Waals surface area contributed by atoms with Gasteiger partial charge in [0, 0.05) is 11.8 Å². The smallest absolute Gasteiger partial charge is 0.433 e. The van der Waals surface area contributed by atoms with Gasteiger partial charge in [-0.25, -0.2) is 9.97 Å². The first-order chi connectivity index (χ1) is 7.38. The maximum absolute atomic E-state index is 12.4. The second-order valence-electron chi connectivity index (χ2n) is 3.35. The minimum atomic E-state index is -4.59. The van der Waals surface area contributed by atoms with Crippen molar-refractivity contribution in [3.05, 3.63) is 29.6 Å². The molecule has 0 saturated carbocycles. The van der Waals surface area contributed by atoms with E-state index in [0.29, 0.717) is 11.8 Å². The number of alkyl halides is 3. The molecule has 84 valence electrons. The third-order valence-corrected chi connectivity index (χ3v) is 2.08. The molecule has 0 aliphatic rings. The fraction of sp³-hybridized carbons (Fsp3) is 0.200. The number of aryl methyl sites for hydroxylation is 1. The highest BCUT2D eigenvalue weighted by Gasteiger charge is 2.33. The molecular weight excluding hydrogens is 221 g/mol. The first-order valence-corrected chi connectivity index (χ1v) is 4.42. The highest BCUT2D eigenvalue weighted by atomic mass is 19.4. The Morgan fingerprint density at radius 1 is 1.19 bits per heavy atom. The van der Waals surface area contributed by atoms with E-state index in [1.807, 2.05) is 0 Å². The molecule has 0 radical (unpaired) electrons. The van der Waals surface area contributed by atoms with Crippen molar-refractivity contribution in [3.8, 4) is 5.75 Å². The molecule has 0 aliphatic heterocycles. The van der Waals surface area contributed by atoms with E-state index in [4.69, 9.17) is 0 Å². The van der Waals surface area contributed by atoms with Crippen LogP contribution in [-0.2, 0) is 6.18 Å². The summed E-state index contributed by atoms with van der Waals surface area (Å²) in [7, 11) is 0. The average molecular weight is 228 g/mol. The molecule has 6 heteroatoms. The van der Waals surface area contributed by atoms with Crippen LogP contribution in [0.2, 0.25) is 0 Å². The molecule has 0 aromatic carbocycles. The Morgan fingerprint density at radius 3 is 2.50 bits per heavy atom. The summed E-state index contributed by atoms with van der Waals surface area (Å²) in [5, 5.41) is 9.63. The van der Waals surface area contributed by atoms with E-state index in [0.717, 1.165) is 0 Å². The van der Waals surface area contributed by atoms with Gasteiger partial charge in [-0.1, -0.05) is 0 Å². The molecule has 2 rings (SSSR count). The van der Waals surface area contributed by atoms with E-state index >= 15 is 0 Å². The molecule has 0 saturated heterocycles. The maximum atomic E-state index is 12.4. The summed E-state index contributed by atoms with van der Waals surface area (Å²) in [6.45, 7) is 1.64. The molecule has 2 heterocycles. The topological polar surface area (TPSA) is 46.0 Å². The molecular formula is C10H7F3N2O. The summed E-state index contributed by atoms with van der Waals surface area (Å²) in [6, 6.07) is 3.68. The SMILES string of the molecule is Cc1ccc2c(O)cc(C(F)(F)F)nc2n1.